The zero-order valence-corrected chi connectivity index (χ0v) is 37.7. The van der Waals surface area contributed by atoms with Crippen molar-refractivity contribution in [1.29, 1.82) is 0 Å². The highest BCUT2D eigenvalue weighted by Gasteiger charge is 2.38. The van der Waals surface area contributed by atoms with E-state index in [0.717, 1.165) is 17.8 Å². The second-order valence-electron chi connectivity index (χ2n) is 16.9. The maximum Gasteiger partial charge on any atom is 0.0465 e. The molecule has 0 bridgehead atoms. The molecule has 0 fully saturated rings. The van der Waals surface area contributed by atoms with E-state index < -0.39 is 0 Å². The summed E-state index contributed by atoms with van der Waals surface area (Å²) in [5.74, 6) is 0. The minimum atomic E-state index is -0.0960. The van der Waals surface area contributed by atoms with Crippen LogP contribution in [0.25, 0.3) is 33.4 Å². The molecule has 0 atom stereocenters. The van der Waals surface area contributed by atoms with Gasteiger partial charge in [0.2, 0.25) is 0 Å². The van der Waals surface area contributed by atoms with E-state index in [9.17, 15) is 0 Å². The molecule has 0 amide bonds. The third-order valence-electron chi connectivity index (χ3n) is 12.8. The fourth-order valence-electron chi connectivity index (χ4n) is 9.33. The highest BCUT2D eigenvalue weighted by atomic mass is 32.2. The van der Waals surface area contributed by atoms with Crippen molar-refractivity contribution in [1.82, 2.24) is 0 Å². The summed E-state index contributed by atoms with van der Waals surface area (Å²) in [6.07, 6.45) is 16.3. The van der Waals surface area contributed by atoms with Crippen LogP contribution in [0.4, 0.5) is 17.1 Å². The lowest BCUT2D eigenvalue weighted by atomic mass is 9.81. The molecular weight excluding hydrogens is 763 g/mol. The van der Waals surface area contributed by atoms with Gasteiger partial charge < -0.3 is 4.90 Å². The van der Waals surface area contributed by atoms with Crippen molar-refractivity contribution in [2.24, 2.45) is 0 Å². The number of benzene rings is 6. The lowest BCUT2D eigenvalue weighted by Gasteiger charge is -2.29. The van der Waals surface area contributed by atoms with Gasteiger partial charge in [-0.3, -0.25) is 0 Å². The summed E-state index contributed by atoms with van der Waals surface area (Å²) in [6, 6.07) is 46.2. The standard InChI is InChI=1S/C55H47NS2.C2H6/c1-7-14-43-35(2)54(3,4)48-32-42(28-30-44(43)48)56(40-24-19-37(20-25-40)36-15-10-8-9-11-16-36)41-26-21-38(22-27-41)39-23-29-45-46-33-52-53(34-49(46)55(5,6)47(45)31-39)58-51-18-13-12-17-50(51)57-52;1-2/h7-10,12-34H,11H2,1-6H3;1-2H3/b14-7-;. The molecule has 1 nitrogen and oxygen atoms in total. The van der Waals surface area contributed by atoms with Crippen LogP contribution in [0.15, 0.2) is 189 Å². The molecule has 0 radical (unpaired) electrons. The first kappa shape index (κ1) is 40.0. The monoisotopic (exact) mass is 815 g/mol. The zero-order valence-electron chi connectivity index (χ0n) is 36.1. The van der Waals surface area contributed by atoms with E-state index >= 15 is 0 Å². The van der Waals surface area contributed by atoms with E-state index in [1.165, 1.54) is 92.1 Å². The van der Waals surface area contributed by atoms with Crippen molar-refractivity contribution in [2.75, 3.05) is 4.90 Å². The van der Waals surface area contributed by atoms with Crippen LogP contribution in [-0.4, -0.2) is 0 Å². The number of hydrogen-bond donors (Lipinski definition) is 0. The van der Waals surface area contributed by atoms with E-state index in [1.807, 2.05) is 37.4 Å². The predicted molar refractivity (Wildman–Crippen MR) is 261 cm³/mol. The number of allylic oxidation sites excluding steroid dienone is 10. The van der Waals surface area contributed by atoms with Gasteiger partial charge in [0.25, 0.3) is 0 Å². The molecule has 10 rings (SSSR count). The van der Waals surface area contributed by atoms with E-state index in [4.69, 9.17) is 0 Å². The normalized spacial score (nSPS) is 16.2. The SMILES string of the molecule is C/C=C\C1=C(C)C(C)(C)c2cc(N(c3ccc(C4=CCC=CC=C4)cc3)c3ccc(-c4ccc5c(c4)C(C)(C)c4cc6c(cc4-5)Sc4ccccc4S6)cc3)ccc21.CC. The summed E-state index contributed by atoms with van der Waals surface area (Å²) in [5.41, 5.74) is 19.3. The molecule has 4 aliphatic rings. The quantitative estimate of drug-likeness (QED) is 0.165. The summed E-state index contributed by atoms with van der Waals surface area (Å²) < 4.78 is 0. The zero-order chi connectivity index (χ0) is 41.8. The van der Waals surface area contributed by atoms with Crippen LogP contribution < -0.4 is 4.90 Å². The van der Waals surface area contributed by atoms with Crippen molar-refractivity contribution in [3.05, 3.63) is 197 Å². The Hall–Kier alpha value is -5.48. The Morgan fingerprint density at radius 1 is 0.550 bits per heavy atom. The number of rotatable bonds is 6. The second-order valence-corrected chi connectivity index (χ2v) is 19.1. The van der Waals surface area contributed by atoms with Crippen molar-refractivity contribution in [3.8, 4) is 22.3 Å². The molecule has 6 aromatic rings. The van der Waals surface area contributed by atoms with Gasteiger partial charge >= 0.3 is 0 Å². The molecule has 1 aliphatic heterocycles. The van der Waals surface area contributed by atoms with Crippen LogP contribution in [-0.2, 0) is 10.8 Å². The first-order valence-corrected chi connectivity index (χ1v) is 23.1. The van der Waals surface area contributed by atoms with Gasteiger partial charge in [0, 0.05) is 47.5 Å². The molecule has 0 unspecified atom stereocenters. The van der Waals surface area contributed by atoms with Crippen LogP contribution in [0.1, 0.15) is 89.6 Å². The third-order valence-corrected chi connectivity index (χ3v) is 15.4. The fourth-order valence-corrected chi connectivity index (χ4v) is 11.6. The maximum absolute atomic E-state index is 2.47. The Labute approximate surface area is 366 Å². The molecule has 3 aliphatic carbocycles. The van der Waals surface area contributed by atoms with Crippen molar-refractivity contribution >= 4 is 51.7 Å². The molecule has 3 heteroatoms. The van der Waals surface area contributed by atoms with Gasteiger partial charge in [-0.2, -0.15) is 0 Å². The van der Waals surface area contributed by atoms with Crippen LogP contribution in [0, 0.1) is 0 Å². The molecule has 0 saturated carbocycles. The van der Waals surface area contributed by atoms with Crippen LogP contribution in [0.5, 0.6) is 0 Å². The van der Waals surface area contributed by atoms with E-state index in [2.05, 4.69) is 210 Å². The van der Waals surface area contributed by atoms with Gasteiger partial charge in [-0.15, -0.1) is 0 Å². The van der Waals surface area contributed by atoms with Crippen molar-refractivity contribution in [3.63, 3.8) is 0 Å². The smallest absolute Gasteiger partial charge is 0.0465 e. The van der Waals surface area contributed by atoms with Gasteiger partial charge in [0.15, 0.2) is 0 Å². The average molecular weight is 816 g/mol. The topological polar surface area (TPSA) is 3.24 Å². The number of fused-ring (bicyclic) bond motifs is 6. The number of anilines is 3. The van der Waals surface area contributed by atoms with Gasteiger partial charge in [-0.05, 0) is 148 Å². The van der Waals surface area contributed by atoms with Crippen molar-refractivity contribution in [2.45, 2.75) is 92.2 Å². The molecule has 0 aromatic heterocycles. The molecule has 1 heterocycles. The fraction of sp³-hybridized carbons (Fsp3) is 0.193. The second kappa shape index (κ2) is 15.8. The Morgan fingerprint density at radius 3 is 1.82 bits per heavy atom. The predicted octanol–water partition coefficient (Wildman–Crippen LogP) is 17.3. The summed E-state index contributed by atoms with van der Waals surface area (Å²) in [4.78, 5) is 7.84. The Bertz CT molecular complexity index is 2810. The van der Waals surface area contributed by atoms with E-state index in [-0.39, 0.29) is 10.8 Å². The molecule has 298 valence electrons. The van der Waals surface area contributed by atoms with Gasteiger partial charge in [0.1, 0.15) is 0 Å². The molecule has 0 N–H and O–H groups in total. The highest BCUT2D eigenvalue weighted by Crippen LogP contribution is 2.56. The highest BCUT2D eigenvalue weighted by molar-refractivity contribution is 8.05. The summed E-state index contributed by atoms with van der Waals surface area (Å²) in [7, 11) is 0. The van der Waals surface area contributed by atoms with Crippen LogP contribution in [0.2, 0.25) is 0 Å². The number of hydrogen-bond acceptors (Lipinski definition) is 3. The average Bonchev–Trinajstić information content (AvgIpc) is 3.44. The van der Waals surface area contributed by atoms with Crippen LogP contribution in [0.3, 0.4) is 0 Å². The minimum Gasteiger partial charge on any atom is -0.310 e. The minimum absolute atomic E-state index is 0.0606. The van der Waals surface area contributed by atoms with Gasteiger partial charge in [-0.1, -0.05) is 168 Å². The van der Waals surface area contributed by atoms with E-state index in [1.54, 1.807) is 0 Å². The summed E-state index contributed by atoms with van der Waals surface area (Å²) in [6.45, 7) is 17.9. The largest absolute Gasteiger partial charge is 0.310 e. The Morgan fingerprint density at radius 2 is 1.13 bits per heavy atom. The lowest BCUT2D eigenvalue weighted by molar-refractivity contribution is 0.639. The first-order chi connectivity index (χ1) is 29.1. The third kappa shape index (κ3) is 6.77. The summed E-state index contributed by atoms with van der Waals surface area (Å²) in [5, 5.41) is 0. The maximum atomic E-state index is 2.47. The first-order valence-electron chi connectivity index (χ1n) is 21.4. The summed E-state index contributed by atoms with van der Waals surface area (Å²) >= 11 is 3.81. The molecule has 60 heavy (non-hydrogen) atoms. The lowest BCUT2D eigenvalue weighted by Crippen LogP contribution is -2.17. The Balaban J connectivity index is 0.00000228. The van der Waals surface area contributed by atoms with Gasteiger partial charge in [0.05, 0.1) is 0 Å². The molecule has 0 spiro atoms. The molecule has 6 aromatic carbocycles. The molecule has 0 saturated heterocycles. The Kier molecular flexibility index (Phi) is 10.6. The van der Waals surface area contributed by atoms with Crippen molar-refractivity contribution < 1.29 is 0 Å². The molecular formula is C57H53NS2. The van der Waals surface area contributed by atoms with Crippen LogP contribution >= 0.6 is 23.5 Å². The van der Waals surface area contributed by atoms with Gasteiger partial charge in [-0.25, -0.2) is 0 Å². The van der Waals surface area contributed by atoms with E-state index in [0.29, 0.717) is 0 Å². The number of nitrogens with zero attached hydrogens (tertiary/aromatic N) is 1.